The van der Waals surface area contributed by atoms with Crippen molar-refractivity contribution < 1.29 is 14.4 Å². The van der Waals surface area contributed by atoms with Crippen LogP contribution in [0.25, 0.3) is 0 Å². The molecule has 0 atom stereocenters. The van der Waals surface area contributed by atoms with Crippen molar-refractivity contribution in [1.82, 2.24) is 16.0 Å². The number of hydrogen-bond donors (Lipinski definition) is 3. The summed E-state index contributed by atoms with van der Waals surface area (Å²) in [6.45, 7) is 6.30. The van der Waals surface area contributed by atoms with Crippen LogP contribution in [0.3, 0.4) is 0 Å². The second kappa shape index (κ2) is 10.4. The van der Waals surface area contributed by atoms with Gasteiger partial charge in [0.15, 0.2) is 0 Å². The van der Waals surface area contributed by atoms with E-state index in [1.54, 1.807) is 13.8 Å². The molecule has 0 fully saturated rings. The number of hydrogen-bond acceptors (Lipinski definition) is 3. The van der Waals surface area contributed by atoms with Crippen LogP contribution >= 0.6 is 0 Å². The summed E-state index contributed by atoms with van der Waals surface area (Å²) >= 11 is 0. The molecule has 1 aromatic carbocycles. The van der Waals surface area contributed by atoms with E-state index >= 15 is 0 Å². The first-order chi connectivity index (χ1) is 11.4. The Balaban J connectivity index is 2.12. The predicted molar refractivity (Wildman–Crippen MR) is 93.4 cm³/mol. The summed E-state index contributed by atoms with van der Waals surface area (Å²) in [4.78, 5) is 34.7. The van der Waals surface area contributed by atoms with Gasteiger partial charge in [-0.3, -0.25) is 14.4 Å². The molecule has 0 aliphatic heterocycles. The Morgan fingerprint density at radius 2 is 1.54 bits per heavy atom. The molecule has 6 heteroatoms. The highest BCUT2D eigenvalue weighted by Crippen LogP contribution is 2.05. The molecule has 3 amide bonds. The third kappa shape index (κ3) is 8.31. The maximum absolute atomic E-state index is 11.7. The van der Waals surface area contributed by atoms with Crippen LogP contribution in [-0.2, 0) is 20.8 Å². The van der Waals surface area contributed by atoms with Gasteiger partial charge in [-0.1, -0.05) is 43.7 Å². The van der Waals surface area contributed by atoms with Crippen molar-refractivity contribution >= 4 is 17.7 Å². The van der Waals surface area contributed by atoms with Gasteiger partial charge in [-0.2, -0.15) is 0 Å². The van der Waals surface area contributed by atoms with Gasteiger partial charge in [0.05, 0.1) is 6.54 Å². The smallest absolute Gasteiger partial charge is 0.239 e. The van der Waals surface area contributed by atoms with Crippen LogP contribution < -0.4 is 16.0 Å². The summed E-state index contributed by atoms with van der Waals surface area (Å²) in [5.74, 6) is -0.543. The van der Waals surface area contributed by atoms with E-state index in [2.05, 4.69) is 16.0 Å². The van der Waals surface area contributed by atoms with Gasteiger partial charge in [0.2, 0.25) is 17.7 Å². The minimum Gasteiger partial charge on any atom is -0.354 e. The molecule has 0 saturated carbocycles. The second-order valence-corrected chi connectivity index (χ2v) is 6.06. The molecule has 0 heterocycles. The predicted octanol–water partition coefficient (Wildman–Crippen LogP) is 0.932. The van der Waals surface area contributed by atoms with Crippen molar-refractivity contribution in [3.63, 3.8) is 0 Å². The molecule has 0 aliphatic rings. The Kier molecular flexibility index (Phi) is 8.54. The highest BCUT2D eigenvalue weighted by Gasteiger charge is 2.07. The summed E-state index contributed by atoms with van der Waals surface area (Å²) in [5, 5.41) is 7.94. The normalized spacial score (nSPS) is 10.3. The Morgan fingerprint density at radius 3 is 2.17 bits per heavy atom. The summed E-state index contributed by atoms with van der Waals surface area (Å²) in [6.07, 6.45) is 0.996. The van der Waals surface area contributed by atoms with Crippen LogP contribution in [0.4, 0.5) is 0 Å². The lowest BCUT2D eigenvalue weighted by Gasteiger charge is -2.09. The van der Waals surface area contributed by atoms with Gasteiger partial charge in [-0.15, -0.1) is 0 Å². The molecule has 6 nitrogen and oxygen atoms in total. The van der Waals surface area contributed by atoms with Crippen molar-refractivity contribution in [3.8, 4) is 0 Å². The summed E-state index contributed by atoms with van der Waals surface area (Å²) in [6, 6.07) is 8.03. The Labute approximate surface area is 143 Å². The van der Waals surface area contributed by atoms with Crippen LogP contribution in [-0.4, -0.2) is 37.4 Å². The number of amides is 3. The van der Waals surface area contributed by atoms with Gasteiger partial charge in [0.25, 0.3) is 0 Å². The first-order valence-corrected chi connectivity index (χ1v) is 8.25. The van der Waals surface area contributed by atoms with Crippen molar-refractivity contribution in [2.45, 2.75) is 33.6 Å². The molecule has 0 unspecified atom stereocenters. The molecule has 0 spiro atoms. The lowest BCUT2D eigenvalue weighted by atomic mass is 10.1. The fourth-order valence-electron chi connectivity index (χ4n) is 1.93. The third-order valence-electron chi connectivity index (χ3n) is 3.48. The highest BCUT2D eigenvalue weighted by molar-refractivity contribution is 5.84. The first kappa shape index (κ1) is 19.7. The standard InChI is InChI=1S/C18H27N3O3/c1-13(2)18(24)20-11-10-19-17(23)12-21-16(22)9-8-15-6-4-14(3)5-7-15/h4-7,13H,8-12H2,1-3H3,(H,19,23)(H,20,24)(H,21,22). The molecule has 1 aromatic rings. The van der Waals surface area contributed by atoms with Crippen LogP contribution in [0.15, 0.2) is 24.3 Å². The van der Waals surface area contributed by atoms with E-state index < -0.39 is 0 Å². The fraction of sp³-hybridized carbons (Fsp3) is 0.500. The fourth-order valence-corrected chi connectivity index (χ4v) is 1.93. The Morgan fingerprint density at radius 1 is 0.917 bits per heavy atom. The molecule has 3 N–H and O–H groups in total. The minimum atomic E-state index is -0.266. The number of benzene rings is 1. The van der Waals surface area contributed by atoms with E-state index in [4.69, 9.17) is 0 Å². The molecule has 0 aliphatic carbocycles. The largest absolute Gasteiger partial charge is 0.354 e. The number of nitrogens with one attached hydrogen (secondary N) is 3. The number of rotatable bonds is 9. The highest BCUT2D eigenvalue weighted by atomic mass is 16.2. The van der Waals surface area contributed by atoms with E-state index in [0.29, 0.717) is 25.9 Å². The monoisotopic (exact) mass is 333 g/mol. The van der Waals surface area contributed by atoms with Crippen LogP contribution in [0.2, 0.25) is 0 Å². The molecule has 24 heavy (non-hydrogen) atoms. The van der Waals surface area contributed by atoms with Crippen LogP contribution in [0, 0.1) is 12.8 Å². The van der Waals surface area contributed by atoms with Gasteiger partial charge < -0.3 is 16.0 Å². The number of carbonyl (C=O) groups is 3. The van der Waals surface area contributed by atoms with E-state index in [1.165, 1.54) is 5.56 Å². The molecule has 0 bridgehead atoms. The molecule has 0 aromatic heterocycles. The summed E-state index contributed by atoms with van der Waals surface area (Å²) < 4.78 is 0. The molecular formula is C18H27N3O3. The zero-order chi connectivity index (χ0) is 17.9. The average molecular weight is 333 g/mol. The average Bonchev–Trinajstić information content (AvgIpc) is 2.56. The quantitative estimate of drug-likeness (QED) is 0.588. The van der Waals surface area contributed by atoms with E-state index in [-0.39, 0.29) is 30.2 Å². The van der Waals surface area contributed by atoms with Crippen LogP contribution in [0.1, 0.15) is 31.4 Å². The Hall–Kier alpha value is -2.37. The molecule has 132 valence electrons. The molecule has 1 rings (SSSR count). The zero-order valence-electron chi connectivity index (χ0n) is 14.6. The lowest BCUT2D eigenvalue weighted by Crippen LogP contribution is -2.41. The van der Waals surface area contributed by atoms with E-state index in [1.807, 2.05) is 31.2 Å². The summed E-state index contributed by atoms with van der Waals surface area (Å²) in [7, 11) is 0. The third-order valence-corrected chi connectivity index (χ3v) is 3.48. The molecule has 0 saturated heterocycles. The molecule has 0 radical (unpaired) electrons. The maximum atomic E-state index is 11.7. The number of carbonyl (C=O) groups excluding carboxylic acids is 3. The maximum Gasteiger partial charge on any atom is 0.239 e. The van der Waals surface area contributed by atoms with Crippen molar-refractivity contribution in [2.75, 3.05) is 19.6 Å². The van der Waals surface area contributed by atoms with Gasteiger partial charge >= 0.3 is 0 Å². The van der Waals surface area contributed by atoms with Crippen molar-refractivity contribution in [3.05, 3.63) is 35.4 Å². The van der Waals surface area contributed by atoms with Crippen LogP contribution in [0.5, 0.6) is 0 Å². The van der Waals surface area contributed by atoms with Crippen molar-refractivity contribution in [1.29, 1.82) is 0 Å². The minimum absolute atomic E-state index is 0.0475. The van der Waals surface area contributed by atoms with Gasteiger partial charge in [-0.25, -0.2) is 0 Å². The topological polar surface area (TPSA) is 87.3 Å². The molecular weight excluding hydrogens is 306 g/mol. The van der Waals surface area contributed by atoms with E-state index in [0.717, 1.165) is 5.56 Å². The lowest BCUT2D eigenvalue weighted by molar-refractivity contribution is -0.126. The van der Waals surface area contributed by atoms with E-state index in [9.17, 15) is 14.4 Å². The van der Waals surface area contributed by atoms with Gasteiger partial charge in [0, 0.05) is 25.4 Å². The first-order valence-electron chi connectivity index (χ1n) is 8.25. The van der Waals surface area contributed by atoms with Gasteiger partial charge in [-0.05, 0) is 18.9 Å². The zero-order valence-corrected chi connectivity index (χ0v) is 14.6. The van der Waals surface area contributed by atoms with Crippen molar-refractivity contribution in [2.24, 2.45) is 5.92 Å². The second-order valence-electron chi connectivity index (χ2n) is 6.06. The number of aryl methyl sites for hydroxylation is 2. The van der Waals surface area contributed by atoms with Gasteiger partial charge in [0.1, 0.15) is 0 Å². The Bertz CT molecular complexity index is 553. The SMILES string of the molecule is Cc1ccc(CCC(=O)NCC(=O)NCCNC(=O)C(C)C)cc1. The summed E-state index contributed by atoms with van der Waals surface area (Å²) in [5.41, 5.74) is 2.28.